The number of sulfone groups is 1. The van der Waals surface area contributed by atoms with Crippen molar-refractivity contribution in [2.24, 2.45) is 0 Å². The second kappa shape index (κ2) is 7.75. The number of imidazole rings is 1. The van der Waals surface area contributed by atoms with Crippen LogP contribution in [0.2, 0.25) is 0 Å². The number of alkyl halides is 2. The van der Waals surface area contributed by atoms with Gasteiger partial charge in [-0.2, -0.15) is 8.78 Å². The Morgan fingerprint density at radius 1 is 1.11 bits per heavy atom. The highest BCUT2D eigenvalue weighted by atomic mass is 32.2. The Hall–Kier alpha value is -2.07. The van der Waals surface area contributed by atoms with Crippen LogP contribution >= 0.6 is 0 Å². The highest BCUT2D eigenvalue weighted by molar-refractivity contribution is 7.92. The van der Waals surface area contributed by atoms with Crippen molar-refractivity contribution < 1.29 is 17.2 Å². The van der Waals surface area contributed by atoms with Crippen molar-refractivity contribution in [1.82, 2.24) is 19.4 Å². The van der Waals surface area contributed by atoms with E-state index in [-0.39, 0.29) is 5.03 Å². The van der Waals surface area contributed by atoms with Crippen molar-refractivity contribution in [3.05, 3.63) is 36.5 Å². The molecule has 0 aliphatic carbocycles. The molecule has 1 aliphatic rings. The van der Waals surface area contributed by atoms with Crippen molar-refractivity contribution in [3.8, 4) is 0 Å². The van der Waals surface area contributed by atoms with Gasteiger partial charge in [0.2, 0.25) is 0 Å². The first kappa shape index (κ1) is 20.7. The number of piperazine rings is 1. The number of rotatable bonds is 5. The summed E-state index contributed by atoms with van der Waals surface area (Å²) in [6.45, 7) is 5.50. The molecule has 0 N–H and O–H groups in total. The first-order valence-corrected chi connectivity index (χ1v) is 10.6. The Labute approximate surface area is 163 Å². The van der Waals surface area contributed by atoms with Crippen LogP contribution in [0, 0.1) is 0 Å². The van der Waals surface area contributed by atoms with Crippen LogP contribution in [-0.2, 0) is 16.4 Å². The maximum absolute atomic E-state index is 12.9. The third-order valence-corrected chi connectivity index (χ3v) is 7.27. The minimum atomic E-state index is -3.48. The van der Waals surface area contributed by atoms with Crippen LogP contribution in [0.15, 0.2) is 35.7 Å². The summed E-state index contributed by atoms with van der Waals surface area (Å²) in [5.41, 5.74) is 0.849. The summed E-state index contributed by atoms with van der Waals surface area (Å²) in [7, 11) is -3.48. The first-order valence-electron chi connectivity index (χ1n) is 9.07. The monoisotopic (exact) mass is 413 g/mol. The number of hydrogen-bond donors (Lipinski definition) is 0. The lowest BCUT2D eigenvalue weighted by Gasteiger charge is -2.35. The van der Waals surface area contributed by atoms with Gasteiger partial charge in [0.15, 0.2) is 14.9 Å². The molecule has 0 amide bonds. The molecule has 0 aromatic carbocycles. The summed E-state index contributed by atoms with van der Waals surface area (Å²) in [4.78, 5) is 12.4. The number of aromatic nitrogens is 3. The lowest BCUT2D eigenvalue weighted by Crippen LogP contribution is -2.46. The lowest BCUT2D eigenvalue weighted by molar-refractivity contribution is 0.0637. The van der Waals surface area contributed by atoms with Gasteiger partial charge in [-0.1, -0.05) is 0 Å². The zero-order chi connectivity index (χ0) is 20.5. The Bertz CT molecular complexity index is 899. The maximum Gasteiger partial charge on any atom is 0.319 e. The van der Waals surface area contributed by atoms with E-state index in [9.17, 15) is 17.2 Å². The molecule has 0 radical (unpaired) electrons. The van der Waals surface area contributed by atoms with Gasteiger partial charge in [0.25, 0.3) is 0 Å². The molecule has 2 aromatic heterocycles. The van der Waals surface area contributed by atoms with E-state index >= 15 is 0 Å². The molecule has 1 fully saturated rings. The number of pyridine rings is 1. The number of nitrogens with zero attached hydrogens (tertiary/aromatic N) is 5. The predicted octanol–water partition coefficient (Wildman–Crippen LogP) is 2.57. The number of halogens is 2. The van der Waals surface area contributed by atoms with Gasteiger partial charge < -0.3 is 4.90 Å². The van der Waals surface area contributed by atoms with E-state index in [1.807, 2.05) is 0 Å². The summed E-state index contributed by atoms with van der Waals surface area (Å²) in [5.74, 6) is 0.349. The largest absolute Gasteiger partial charge is 0.368 e. The SMILES string of the molecule is CC(C)(C)S(=O)(=O)c1ccc(N2CCN(Cc3nccn3C(F)F)CC2)cn1. The molecule has 10 heteroatoms. The zero-order valence-corrected chi connectivity index (χ0v) is 17.0. The van der Waals surface area contributed by atoms with Gasteiger partial charge in [-0.05, 0) is 32.9 Å². The molecule has 1 aliphatic heterocycles. The average Bonchev–Trinajstić information content (AvgIpc) is 3.10. The molecule has 28 heavy (non-hydrogen) atoms. The predicted molar refractivity (Wildman–Crippen MR) is 102 cm³/mol. The van der Waals surface area contributed by atoms with Crippen molar-refractivity contribution in [2.45, 2.75) is 43.6 Å². The molecule has 7 nitrogen and oxygen atoms in total. The van der Waals surface area contributed by atoms with Crippen LogP contribution in [-0.4, -0.2) is 58.8 Å². The highest BCUT2D eigenvalue weighted by Gasteiger charge is 2.32. The summed E-state index contributed by atoms with van der Waals surface area (Å²) in [6.07, 6.45) is 4.25. The van der Waals surface area contributed by atoms with Gasteiger partial charge in [0, 0.05) is 38.6 Å². The van der Waals surface area contributed by atoms with Crippen LogP contribution in [0.25, 0.3) is 0 Å². The van der Waals surface area contributed by atoms with Gasteiger partial charge in [-0.15, -0.1) is 0 Å². The Morgan fingerprint density at radius 3 is 2.32 bits per heavy atom. The average molecular weight is 413 g/mol. The minimum Gasteiger partial charge on any atom is -0.368 e. The van der Waals surface area contributed by atoms with Crippen molar-refractivity contribution in [1.29, 1.82) is 0 Å². The minimum absolute atomic E-state index is 0.0706. The van der Waals surface area contributed by atoms with Crippen LogP contribution in [0.4, 0.5) is 14.5 Å². The quantitative estimate of drug-likeness (QED) is 0.750. The fourth-order valence-corrected chi connectivity index (χ4v) is 4.11. The molecule has 0 atom stereocenters. The van der Waals surface area contributed by atoms with E-state index in [1.165, 1.54) is 12.4 Å². The normalized spacial score (nSPS) is 16.7. The number of hydrogen-bond acceptors (Lipinski definition) is 6. The molecule has 2 aromatic rings. The van der Waals surface area contributed by atoms with E-state index in [1.54, 1.807) is 39.1 Å². The maximum atomic E-state index is 12.9. The third kappa shape index (κ3) is 4.17. The van der Waals surface area contributed by atoms with Crippen LogP contribution in [0.1, 0.15) is 33.1 Å². The van der Waals surface area contributed by atoms with Crippen LogP contribution in [0.5, 0.6) is 0 Å². The fraction of sp³-hybridized carbons (Fsp3) is 0.556. The molecular formula is C18H25F2N5O2S. The fourth-order valence-electron chi connectivity index (χ4n) is 3.04. The summed E-state index contributed by atoms with van der Waals surface area (Å²) in [6, 6.07) is 3.31. The summed E-state index contributed by atoms with van der Waals surface area (Å²) in [5, 5.41) is 0.0706. The van der Waals surface area contributed by atoms with Gasteiger partial charge in [0.05, 0.1) is 23.2 Å². The Morgan fingerprint density at radius 2 is 1.79 bits per heavy atom. The van der Waals surface area contributed by atoms with Crippen LogP contribution < -0.4 is 4.90 Å². The second-order valence-corrected chi connectivity index (χ2v) is 10.4. The molecule has 0 spiro atoms. The van der Waals surface area contributed by atoms with E-state index in [4.69, 9.17) is 0 Å². The highest BCUT2D eigenvalue weighted by Crippen LogP contribution is 2.25. The Kier molecular flexibility index (Phi) is 5.72. The molecule has 0 saturated carbocycles. The van der Waals surface area contributed by atoms with Crippen molar-refractivity contribution in [3.63, 3.8) is 0 Å². The molecule has 3 heterocycles. The van der Waals surface area contributed by atoms with Gasteiger partial charge in [0.1, 0.15) is 5.82 Å². The lowest BCUT2D eigenvalue weighted by atomic mass is 10.2. The van der Waals surface area contributed by atoms with Gasteiger partial charge in [-0.25, -0.2) is 18.4 Å². The van der Waals surface area contributed by atoms with Crippen molar-refractivity contribution >= 4 is 15.5 Å². The standard InChI is InChI=1S/C18H25F2N5O2S/c1-18(2,3)28(26,27)16-5-4-14(12-22-16)24-10-8-23(9-11-24)13-15-21-6-7-25(15)17(19)20/h4-7,12,17H,8-11,13H2,1-3H3. The molecular weight excluding hydrogens is 388 g/mol. The van der Waals surface area contributed by atoms with E-state index < -0.39 is 21.1 Å². The Balaban J connectivity index is 1.61. The van der Waals surface area contributed by atoms with E-state index in [0.717, 1.165) is 10.3 Å². The summed E-state index contributed by atoms with van der Waals surface area (Å²) >= 11 is 0. The van der Waals surface area contributed by atoms with Gasteiger partial charge in [-0.3, -0.25) is 9.47 Å². The first-order chi connectivity index (χ1) is 13.1. The third-order valence-electron chi connectivity index (χ3n) is 4.86. The van der Waals surface area contributed by atoms with E-state index in [2.05, 4.69) is 19.8 Å². The van der Waals surface area contributed by atoms with Crippen LogP contribution in [0.3, 0.4) is 0 Å². The molecule has 0 bridgehead atoms. The van der Waals surface area contributed by atoms with Gasteiger partial charge >= 0.3 is 6.55 Å². The molecule has 1 saturated heterocycles. The molecule has 154 valence electrons. The van der Waals surface area contributed by atoms with Crippen molar-refractivity contribution in [2.75, 3.05) is 31.1 Å². The summed E-state index contributed by atoms with van der Waals surface area (Å²) < 4.78 is 50.8. The smallest absolute Gasteiger partial charge is 0.319 e. The molecule has 0 unspecified atom stereocenters. The zero-order valence-electron chi connectivity index (χ0n) is 16.2. The topological polar surface area (TPSA) is 71.3 Å². The van der Waals surface area contributed by atoms with E-state index in [0.29, 0.717) is 38.5 Å². The second-order valence-electron chi connectivity index (χ2n) is 7.76. The molecule has 3 rings (SSSR count). The number of anilines is 1.